The van der Waals surface area contributed by atoms with Crippen molar-refractivity contribution in [1.82, 2.24) is 9.71 Å². The minimum atomic E-state index is -4.58. The Morgan fingerprint density at radius 1 is 1.26 bits per heavy atom. The van der Waals surface area contributed by atoms with Crippen molar-refractivity contribution in [3.05, 3.63) is 45.8 Å². The molecule has 1 fully saturated rings. The smallest absolute Gasteiger partial charge is 0.422 e. The molecule has 1 aliphatic rings. The molecule has 1 heterocycles. The minimum Gasteiger partial charge on any atom is -0.467 e. The Morgan fingerprint density at radius 2 is 1.94 bits per heavy atom. The number of rotatable bonds is 7. The van der Waals surface area contributed by atoms with Gasteiger partial charge in [0, 0.05) is 12.1 Å². The van der Waals surface area contributed by atoms with Crippen LogP contribution in [0.15, 0.2) is 24.4 Å². The number of carbonyl (C=O) groups is 1. The van der Waals surface area contributed by atoms with Crippen molar-refractivity contribution >= 4 is 39.0 Å². The molecule has 168 valence electrons. The number of carbonyl (C=O) groups excluding carboxylic acids is 1. The fraction of sp³-hybridized carbons (Fsp3) is 0.294. The largest absolute Gasteiger partial charge is 0.467 e. The summed E-state index contributed by atoms with van der Waals surface area (Å²) in [4.78, 5) is 15.8. The van der Waals surface area contributed by atoms with E-state index in [9.17, 15) is 26.6 Å². The zero-order chi connectivity index (χ0) is 23.0. The standard InChI is InChI=1S/C17H13Cl2F4N3O4S/c18-11-4-10(15(27)26-31(24,28)9-1-2-9)13(20)5-14(11)30-8-3-12(19)16(25-6-8)29-7-17(21,22)23/h3-6,9H,1-2,7H2,(H2,24,26,27,28). The predicted molar refractivity (Wildman–Crippen MR) is 104 cm³/mol. The van der Waals surface area contributed by atoms with Crippen molar-refractivity contribution in [2.45, 2.75) is 24.3 Å². The monoisotopic (exact) mass is 501 g/mol. The number of nitrogens with one attached hydrogen (secondary N) is 2. The summed E-state index contributed by atoms with van der Waals surface area (Å²) in [7, 11) is -3.39. The number of pyridine rings is 1. The van der Waals surface area contributed by atoms with Crippen LogP contribution in [0.4, 0.5) is 17.6 Å². The molecule has 2 aromatic rings. The number of aromatic nitrogens is 1. The van der Waals surface area contributed by atoms with Gasteiger partial charge in [-0.2, -0.15) is 13.2 Å². The fourth-order valence-corrected chi connectivity index (χ4v) is 4.07. The maximum absolute atomic E-state index is 14.4. The lowest BCUT2D eigenvalue weighted by atomic mass is 10.2. The van der Waals surface area contributed by atoms with Gasteiger partial charge in [0.1, 0.15) is 32.3 Å². The van der Waals surface area contributed by atoms with Crippen LogP contribution in [0, 0.1) is 10.6 Å². The first-order valence-corrected chi connectivity index (χ1v) is 10.8. The summed E-state index contributed by atoms with van der Waals surface area (Å²) in [5, 5.41) is -0.958. The molecule has 1 atom stereocenters. The number of ether oxygens (including phenoxy) is 2. The highest BCUT2D eigenvalue weighted by atomic mass is 35.5. The molecular weight excluding hydrogens is 489 g/mol. The van der Waals surface area contributed by atoms with Crippen molar-refractivity contribution < 1.29 is 36.0 Å². The molecule has 1 aromatic carbocycles. The maximum Gasteiger partial charge on any atom is 0.422 e. The van der Waals surface area contributed by atoms with Gasteiger partial charge in [-0.15, -0.1) is 0 Å². The summed E-state index contributed by atoms with van der Waals surface area (Å²) >= 11 is 11.8. The third-order valence-corrected chi connectivity index (χ3v) is 6.35. The van der Waals surface area contributed by atoms with Crippen molar-refractivity contribution in [3.8, 4) is 17.4 Å². The SMILES string of the molecule is N=S(=O)(NC(=O)c1cc(Cl)c(Oc2cnc(OCC(F)(F)F)c(Cl)c2)cc1F)C1CC1. The Morgan fingerprint density at radius 3 is 2.52 bits per heavy atom. The number of hydrogen-bond donors (Lipinski definition) is 2. The highest BCUT2D eigenvalue weighted by Crippen LogP contribution is 2.35. The van der Waals surface area contributed by atoms with Gasteiger partial charge >= 0.3 is 6.18 Å². The molecule has 31 heavy (non-hydrogen) atoms. The lowest BCUT2D eigenvalue weighted by molar-refractivity contribution is -0.154. The van der Waals surface area contributed by atoms with Gasteiger partial charge in [-0.3, -0.25) is 9.52 Å². The lowest BCUT2D eigenvalue weighted by Crippen LogP contribution is -2.32. The van der Waals surface area contributed by atoms with Gasteiger partial charge in [0.25, 0.3) is 5.91 Å². The van der Waals surface area contributed by atoms with E-state index in [0.717, 1.165) is 24.4 Å². The van der Waals surface area contributed by atoms with Crippen molar-refractivity contribution in [2.75, 3.05) is 6.61 Å². The van der Waals surface area contributed by atoms with Crippen molar-refractivity contribution in [3.63, 3.8) is 0 Å². The van der Waals surface area contributed by atoms with Crippen molar-refractivity contribution in [2.24, 2.45) is 0 Å². The molecule has 1 aliphatic carbocycles. The second-order valence-corrected chi connectivity index (χ2v) is 9.34. The molecule has 0 spiro atoms. The van der Waals surface area contributed by atoms with E-state index in [0.29, 0.717) is 12.8 Å². The van der Waals surface area contributed by atoms with Crippen LogP contribution in [-0.2, 0) is 9.92 Å². The first-order valence-electron chi connectivity index (χ1n) is 8.47. The summed E-state index contributed by atoms with van der Waals surface area (Å²) in [5.41, 5.74) is -0.537. The van der Waals surface area contributed by atoms with Gasteiger partial charge in [0.2, 0.25) is 5.88 Å². The molecule has 0 aliphatic heterocycles. The van der Waals surface area contributed by atoms with Crippen LogP contribution in [0.2, 0.25) is 10.0 Å². The Bertz CT molecular complexity index is 1130. The maximum atomic E-state index is 14.4. The third kappa shape index (κ3) is 6.11. The molecule has 3 rings (SSSR count). The van der Waals surface area contributed by atoms with E-state index in [1.54, 1.807) is 0 Å². The van der Waals surface area contributed by atoms with E-state index in [1.165, 1.54) is 0 Å². The Balaban J connectivity index is 1.74. The average molecular weight is 502 g/mol. The molecule has 1 aromatic heterocycles. The van der Waals surface area contributed by atoms with E-state index < -0.39 is 51.1 Å². The summed E-state index contributed by atoms with van der Waals surface area (Å²) in [5.74, 6) is -2.94. The molecular formula is C17H13Cl2F4N3O4S. The zero-order valence-electron chi connectivity index (χ0n) is 15.3. The normalized spacial score (nSPS) is 15.8. The van der Waals surface area contributed by atoms with Gasteiger partial charge < -0.3 is 9.47 Å². The number of alkyl halides is 3. The van der Waals surface area contributed by atoms with Crippen LogP contribution in [0.3, 0.4) is 0 Å². The Labute approximate surface area is 183 Å². The van der Waals surface area contributed by atoms with E-state index >= 15 is 0 Å². The second-order valence-electron chi connectivity index (χ2n) is 6.46. The Kier molecular flexibility index (Phi) is 6.53. The molecule has 7 nitrogen and oxygen atoms in total. The molecule has 2 N–H and O–H groups in total. The fourth-order valence-electron chi connectivity index (χ4n) is 2.30. The number of hydrogen-bond acceptors (Lipinski definition) is 6. The number of halogens is 6. The second kappa shape index (κ2) is 8.67. The van der Waals surface area contributed by atoms with Gasteiger partial charge in [-0.25, -0.2) is 18.4 Å². The number of benzene rings is 1. The van der Waals surface area contributed by atoms with Crippen LogP contribution in [0.5, 0.6) is 17.4 Å². The Hall–Kier alpha value is -2.31. The number of nitrogens with zero attached hydrogens (tertiary/aromatic N) is 1. The van der Waals surface area contributed by atoms with Crippen LogP contribution in [-0.4, -0.2) is 33.1 Å². The summed E-state index contributed by atoms with van der Waals surface area (Å²) < 4.78 is 82.6. The lowest BCUT2D eigenvalue weighted by Gasteiger charge is -2.13. The molecule has 0 bridgehead atoms. The molecule has 1 amide bonds. The van der Waals surface area contributed by atoms with E-state index in [2.05, 4.69) is 9.72 Å². The number of amides is 1. The molecule has 14 heteroatoms. The summed E-state index contributed by atoms with van der Waals surface area (Å²) in [6.07, 6.45) is -2.52. The third-order valence-electron chi connectivity index (χ3n) is 3.89. The van der Waals surface area contributed by atoms with Gasteiger partial charge in [-0.1, -0.05) is 23.2 Å². The van der Waals surface area contributed by atoms with Crippen LogP contribution < -0.4 is 14.2 Å². The zero-order valence-corrected chi connectivity index (χ0v) is 17.6. The summed E-state index contributed by atoms with van der Waals surface area (Å²) in [6.45, 7) is -1.59. The van der Waals surface area contributed by atoms with Crippen LogP contribution in [0.1, 0.15) is 23.2 Å². The minimum absolute atomic E-state index is 0.0919. The van der Waals surface area contributed by atoms with Crippen LogP contribution in [0.25, 0.3) is 0 Å². The topological polar surface area (TPSA) is 101 Å². The van der Waals surface area contributed by atoms with Gasteiger partial charge in [-0.05, 0) is 18.9 Å². The van der Waals surface area contributed by atoms with E-state index in [1.807, 2.05) is 4.72 Å². The van der Waals surface area contributed by atoms with Crippen LogP contribution >= 0.6 is 23.2 Å². The first kappa shape index (κ1) is 23.4. The molecule has 0 radical (unpaired) electrons. The highest BCUT2D eigenvalue weighted by molar-refractivity contribution is 7.92. The average Bonchev–Trinajstić information content (AvgIpc) is 3.48. The first-order chi connectivity index (χ1) is 14.4. The van der Waals surface area contributed by atoms with Gasteiger partial charge in [0.15, 0.2) is 6.61 Å². The van der Waals surface area contributed by atoms with E-state index in [4.69, 9.17) is 32.7 Å². The van der Waals surface area contributed by atoms with E-state index in [-0.39, 0.29) is 21.5 Å². The molecule has 1 saturated carbocycles. The van der Waals surface area contributed by atoms with Gasteiger partial charge in [0.05, 0.1) is 22.0 Å². The highest BCUT2D eigenvalue weighted by Gasteiger charge is 2.34. The quantitative estimate of drug-likeness (QED) is 0.513. The predicted octanol–water partition coefficient (Wildman–Crippen LogP) is 5.11. The van der Waals surface area contributed by atoms with Crippen molar-refractivity contribution in [1.29, 1.82) is 4.78 Å². The summed E-state index contributed by atoms with van der Waals surface area (Å²) in [6, 6.07) is 2.79. The molecule has 1 unspecified atom stereocenters. The molecule has 0 saturated heterocycles.